The molecule has 0 spiro atoms. The van der Waals surface area contributed by atoms with Crippen LogP contribution in [0.1, 0.15) is 24.4 Å². The predicted octanol–water partition coefficient (Wildman–Crippen LogP) is 4.89. The van der Waals surface area contributed by atoms with Crippen LogP contribution < -0.4 is 0 Å². The summed E-state index contributed by atoms with van der Waals surface area (Å²) >= 11 is 1.61. The normalized spacial score (nSPS) is 11.9. The molecule has 0 radical (unpaired) electrons. The second-order valence-corrected chi connectivity index (χ2v) is 5.90. The topological polar surface area (TPSA) is 66.7 Å². The number of carboxylic acid groups (broad SMARTS) is 1. The van der Waals surface area contributed by atoms with Crippen molar-refractivity contribution in [2.24, 2.45) is 5.18 Å². The molecule has 120 valence electrons. The van der Waals surface area contributed by atoms with E-state index >= 15 is 0 Å². The zero-order valence-electron chi connectivity index (χ0n) is 12.5. The average molecular weight is 333 g/mol. The van der Waals surface area contributed by atoms with E-state index in [1.165, 1.54) is 6.07 Å². The van der Waals surface area contributed by atoms with E-state index in [-0.39, 0.29) is 12.8 Å². The van der Waals surface area contributed by atoms with Crippen LogP contribution in [0.15, 0.2) is 52.5 Å². The number of thioether (sulfide) groups is 1. The summed E-state index contributed by atoms with van der Waals surface area (Å²) < 4.78 is 14.3. The fourth-order valence-electron chi connectivity index (χ4n) is 2.28. The monoisotopic (exact) mass is 333 g/mol. The molecule has 0 fully saturated rings. The van der Waals surface area contributed by atoms with Crippen LogP contribution in [0, 0.1) is 10.7 Å². The van der Waals surface area contributed by atoms with E-state index in [0.29, 0.717) is 11.1 Å². The Balaban J connectivity index is 2.25. The first-order valence-corrected chi connectivity index (χ1v) is 8.25. The zero-order chi connectivity index (χ0) is 16.8. The van der Waals surface area contributed by atoms with Gasteiger partial charge in [-0.2, -0.15) is 4.91 Å². The van der Waals surface area contributed by atoms with E-state index in [0.717, 1.165) is 10.5 Å². The minimum Gasteiger partial charge on any atom is -0.481 e. The predicted molar refractivity (Wildman–Crippen MR) is 89.0 cm³/mol. The van der Waals surface area contributed by atoms with Crippen molar-refractivity contribution >= 4 is 17.7 Å². The zero-order valence-corrected chi connectivity index (χ0v) is 13.3. The quantitative estimate of drug-likeness (QED) is 0.579. The molecule has 0 aliphatic carbocycles. The highest BCUT2D eigenvalue weighted by atomic mass is 32.2. The Morgan fingerprint density at radius 1 is 1.26 bits per heavy atom. The number of benzene rings is 2. The maximum atomic E-state index is 14.3. The van der Waals surface area contributed by atoms with Gasteiger partial charge in [0.05, 0.1) is 0 Å². The van der Waals surface area contributed by atoms with Crippen molar-refractivity contribution in [1.82, 2.24) is 0 Å². The highest BCUT2D eigenvalue weighted by Gasteiger charge is 2.16. The lowest BCUT2D eigenvalue weighted by atomic mass is 9.98. The standard InChI is InChI=1S/C17H16FNO3S/c1-23-13-5-2-11(3-6-13)14-7-4-12(10-15(14)18)16(19-22)8-9-17(20)21/h2-7,10,16H,8-9H2,1H3,(H,20,21). The molecule has 0 aromatic heterocycles. The second-order valence-electron chi connectivity index (χ2n) is 5.02. The van der Waals surface area contributed by atoms with Crippen LogP contribution in [0.5, 0.6) is 0 Å². The van der Waals surface area contributed by atoms with Gasteiger partial charge < -0.3 is 5.11 Å². The van der Waals surface area contributed by atoms with E-state index in [1.54, 1.807) is 23.9 Å². The number of rotatable bonds is 7. The molecule has 2 aromatic rings. The van der Waals surface area contributed by atoms with Gasteiger partial charge in [-0.25, -0.2) is 4.39 Å². The maximum absolute atomic E-state index is 14.3. The molecule has 0 aliphatic heterocycles. The van der Waals surface area contributed by atoms with Crippen LogP contribution in [0.25, 0.3) is 11.1 Å². The Hall–Kier alpha value is -2.21. The van der Waals surface area contributed by atoms with Gasteiger partial charge in [-0.15, -0.1) is 11.8 Å². The number of hydrogen-bond acceptors (Lipinski definition) is 4. The lowest BCUT2D eigenvalue weighted by Gasteiger charge is -2.11. The van der Waals surface area contributed by atoms with Crippen molar-refractivity contribution in [2.75, 3.05) is 6.26 Å². The largest absolute Gasteiger partial charge is 0.481 e. The van der Waals surface area contributed by atoms with Gasteiger partial charge in [0.1, 0.15) is 11.9 Å². The van der Waals surface area contributed by atoms with Crippen molar-refractivity contribution in [3.05, 3.63) is 58.8 Å². The van der Waals surface area contributed by atoms with E-state index < -0.39 is 17.8 Å². The highest BCUT2D eigenvalue weighted by Crippen LogP contribution is 2.30. The van der Waals surface area contributed by atoms with Gasteiger partial charge in [-0.1, -0.05) is 29.4 Å². The van der Waals surface area contributed by atoms with E-state index in [2.05, 4.69) is 5.18 Å². The third-order valence-electron chi connectivity index (χ3n) is 3.54. The summed E-state index contributed by atoms with van der Waals surface area (Å²) in [6, 6.07) is 11.1. The van der Waals surface area contributed by atoms with Gasteiger partial charge in [0.25, 0.3) is 0 Å². The molecular weight excluding hydrogens is 317 g/mol. The maximum Gasteiger partial charge on any atom is 0.303 e. The summed E-state index contributed by atoms with van der Waals surface area (Å²) in [4.78, 5) is 22.6. The second kappa shape index (κ2) is 7.87. The molecule has 23 heavy (non-hydrogen) atoms. The number of carbonyl (C=O) groups is 1. The van der Waals surface area contributed by atoms with Crippen LogP contribution in [0.2, 0.25) is 0 Å². The molecule has 0 heterocycles. The summed E-state index contributed by atoms with van der Waals surface area (Å²) in [5.74, 6) is -1.46. The number of carboxylic acids is 1. The van der Waals surface area contributed by atoms with Gasteiger partial charge >= 0.3 is 5.97 Å². The SMILES string of the molecule is CSc1ccc(-c2ccc(C(CCC(=O)O)N=O)cc2F)cc1. The number of halogens is 1. The molecule has 1 atom stereocenters. The summed E-state index contributed by atoms with van der Waals surface area (Å²) in [7, 11) is 0. The summed E-state index contributed by atoms with van der Waals surface area (Å²) in [6.07, 6.45) is 1.84. The van der Waals surface area contributed by atoms with Crippen LogP contribution in [0.3, 0.4) is 0 Å². The average Bonchev–Trinajstić information content (AvgIpc) is 2.55. The lowest BCUT2D eigenvalue weighted by Crippen LogP contribution is -2.01. The Bertz CT molecular complexity index is 703. The molecule has 6 heteroatoms. The number of aliphatic carboxylic acids is 1. The third kappa shape index (κ3) is 4.39. The molecule has 2 aromatic carbocycles. The highest BCUT2D eigenvalue weighted by molar-refractivity contribution is 7.98. The lowest BCUT2D eigenvalue weighted by molar-refractivity contribution is -0.137. The Labute approximate surface area is 137 Å². The van der Waals surface area contributed by atoms with E-state index in [4.69, 9.17) is 5.11 Å². The Kier molecular flexibility index (Phi) is 5.87. The smallest absolute Gasteiger partial charge is 0.303 e. The van der Waals surface area contributed by atoms with Crippen LogP contribution in [-0.4, -0.2) is 17.3 Å². The van der Waals surface area contributed by atoms with Crippen molar-refractivity contribution < 1.29 is 14.3 Å². The summed E-state index contributed by atoms with van der Waals surface area (Å²) in [5.41, 5.74) is 1.57. The van der Waals surface area contributed by atoms with Crippen molar-refractivity contribution in [1.29, 1.82) is 0 Å². The molecule has 0 saturated carbocycles. The first-order valence-electron chi connectivity index (χ1n) is 7.03. The van der Waals surface area contributed by atoms with Crippen molar-refractivity contribution in [2.45, 2.75) is 23.8 Å². The molecule has 0 saturated heterocycles. The molecule has 0 bridgehead atoms. The number of nitroso groups, excluding NO2 is 1. The summed E-state index contributed by atoms with van der Waals surface area (Å²) in [6.45, 7) is 0. The van der Waals surface area contributed by atoms with E-state index in [1.807, 2.05) is 30.5 Å². The molecule has 2 rings (SSSR count). The van der Waals surface area contributed by atoms with Crippen LogP contribution in [-0.2, 0) is 4.79 Å². The van der Waals surface area contributed by atoms with Crippen LogP contribution >= 0.6 is 11.8 Å². The van der Waals surface area contributed by atoms with Crippen LogP contribution in [0.4, 0.5) is 4.39 Å². The molecule has 0 amide bonds. The number of nitrogens with zero attached hydrogens (tertiary/aromatic N) is 1. The number of hydrogen-bond donors (Lipinski definition) is 1. The van der Waals surface area contributed by atoms with E-state index in [9.17, 15) is 14.1 Å². The van der Waals surface area contributed by atoms with Crippen molar-refractivity contribution in [3.63, 3.8) is 0 Å². The van der Waals surface area contributed by atoms with Gasteiger partial charge in [0, 0.05) is 16.9 Å². The Morgan fingerprint density at radius 3 is 2.48 bits per heavy atom. The van der Waals surface area contributed by atoms with Gasteiger partial charge in [0.15, 0.2) is 0 Å². The molecule has 0 aliphatic rings. The first kappa shape index (κ1) is 17.1. The molecule has 1 unspecified atom stereocenters. The Morgan fingerprint density at radius 2 is 1.96 bits per heavy atom. The molecule has 4 nitrogen and oxygen atoms in total. The van der Waals surface area contributed by atoms with Gasteiger partial charge in [-0.05, 0) is 42.0 Å². The fraction of sp³-hybridized carbons (Fsp3) is 0.235. The fourth-order valence-corrected chi connectivity index (χ4v) is 2.69. The third-order valence-corrected chi connectivity index (χ3v) is 4.28. The van der Waals surface area contributed by atoms with Gasteiger partial charge in [-0.3, -0.25) is 4.79 Å². The minimum absolute atomic E-state index is 0.0556. The van der Waals surface area contributed by atoms with Gasteiger partial charge in [0.2, 0.25) is 0 Å². The molecule has 1 N–H and O–H groups in total. The minimum atomic E-state index is -1.01. The first-order chi connectivity index (χ1) is 11.0. The molecular formula is C17H16FNO3S. The summed E-state index contributed by atoms with van der Waals surface area (Å²) in [5, 5.41) is 11.6. The van der Waals surface area contributed by atoms with Crippen molar-refractivity contribution in [3.8, 4) is 11.1 Å².